The Bertz CT molecular complexity index is 1450. The molecule has 8 heteroatoms. The van der Waals surface area contributed by atoms with E-state index < -0.39 is 0 Å². The number of nitrogens with zero attached hydrogens (tertiary/aromatic N) is 4. The maximum Gasteiger partial charge on any atom is 0.256 e. The van der Waals surface area contributed by atoms with Crippen molar-refractivity contribution >= 4 is 33.7 Å². The zero-order valence-electron chi connectivity index (χ0n) is 17.2. The minimum absolute atomic E-state index is 0.277. The Kier molecular flexibility index (Phi) is 4.39. The molecule has 154 valence electrons. The maximum absolute atomic E-state index is 12.9. The topological polar surface area (TPSA) is 95.1 Å². The van der Waals surface area contributed by atoms with Crippen LogP contribution in [0.2, 0.25) is 0 Å². The lowest BCUT2D eigenvalue weighted by molar-refractivity contribution is 0.102. The number of rotatable bonds is 4. The van der Waals surface area contributed by atoms with E-state index in [9.17, 15) is 4.79 Å². The summed E-state index contributed by atoms with van der Waals surface area (Å²) in [5, 5.41) is 8.47. The number of fused-ring (bicyclic) bond motifs is 2. The number of carbonyl (C=O) groups excluding carboxylic acids is 1. The molecule has 2 aromatic carbocycles. The number of benzene rings is 2. The number of aromatic nitrogens is 4. The standard InChI is InChI=1S/C23H19N5O3/c1-13-9-20(25-22-16(13)5-4-6-19(22)30-3)28-21(10-14(2)27-28)26-23(29)15-7-8-18-17(11-15)24-12-31-18/h4-12H,1-3H3,(H,26,29). The molecule has 0 radical (unpaired) electrons. The lowest BCUT2D eigenvalue weighted by Crippen LogP contribution is -2.15. The van der Waals surface area contributed by atoms with E-state index in [4.69, 9.17) is 14.1 Å². The first-order valence-electron chi connectivity index (χ1n) is 9.69. The SMILES string of the molecule is COc1cccc2c(C)cc(-n3nc(C)cc3NC(=O)c3ccc4ocnc4c3)nc12. The summed E-state index contributed by atoms with van der Waals surface area (Å²) in [6.07, 6.45) is 1.35. The predicted octanol–water partition coefficient (Wildman–Crippen LogP) is 4.44. The second-order valence-corrected chi connectivity index (χ2v) is 7.23. The molecule has 31 heavy (non-hydrogen) atoms. The van der Waals surface area contributed by atoms with Gasteiger partial charge in [0.1, 0.15) is 22.6 Å². The highest BCUT2D eigenvalue weighted by Gasteiger charge is 2.16. The van der Waals surface area contributed by atoms with Crippen molar-refractivity contribution in [2.24, 2.45) is 0 Å². The Morgan fingerprint density at radius 1 is 1.13 bits per heavy atom. The molecule has 5 rings (SSSR count). The van der Waals surface area contributed by atoms with Crippen molar-refractivity contribution in [2.75, 3.05) is 12.4 Å². The number of nitrogens with one attached hydrogen (secondary N) is 1. The quantitative estimate of drug-likeness (QED) is 0.468. The van der Waals surface area contributed by atoms with Crippen LogP contribution in [0.4, 0.5) is 5.82 Å². The zero-order chi connectivity index (χ0) is 21.5. The molecule has 0 saturated heterocycles. The normalized spacial score (nSPS) is 11.2. The monoisotopic (exact) mass is 413 g/mol. The van der Waals surface area contributed by atoms with E-state index in [1.165, 1.54) is 6.39 Å². The van der Waals surface area contributed by atoms with Crippen molar-refractivity contribution in [1.29, 1.82) is 0 Å². The van der Waals surface area contributed by atoms with E-state index in [0.717, 1.165) is 22.2 Å². The number of ether oxygens (including phenoxy) is 1. The fraction of sp³-hybridized carbons (Fsp3) is 0.130. The Labute approximate surface area is 177 Å². The molecule has 5 aromatic rings. The summed E-state index contributed by atoms with van der Waals surface area (Å²) in [5.74, 6) is 1.51. The number of hydrogen-bond donors (Lipinski definition) is 1. The van der Waals surface area contributed by atoms with Gasteiger partial charge in [0.05, 0.1) is 12.8 Å². The van der Waals surface area contributed by atoms with Gasteiger partial charge in [-0.2, -0.15) is 9.78 Å². The summed E-state index contributed by atoms with van der Waals surface area (Å²) in [6, 6.07) is 14.6. The molecule has 8 nitrogen and oxygen atoms in total. The highest BCUT2D eigenvalue weighted by Crippen LogP contribution is 2.28. The summed E-state index contributed by atoms with van der Waals surface area (Å²) >= 11 is 0. The molecule has 0 saturated carbocycles. The van der Waals surface area contributed by atoms with Gasteiger partial charge in [-0.15, -0.1) is 0 Å². The number of aryl methyl sites for hydroxylation is 2. The Hall–Kier alpha value is -4.20. The molecule has 0 aliphatic rings. The van der Waals surface area contributed by atoms with Crippen LogP contribution in [0.5, 0.6) is 5.75 Å². The van der Waals surface area contributed by atoms with Crippen molar-refractivity contribution in [1.82, 2.24) is 19.7 Å². The number of para-hydroxylation sites is 1. The van der Waals surface area contributed by atoms with Gasteiger partial charge in [0.2, 0.25) is 0 Å². The van der Waals surface area contributed by atoms with Gasteiger partial charge in [-0.1, -0.05) is 12.1 Å². The van der Waals surface area contributed by atoms with Gasteiger partial charge in [0.25, 0.3) is 5.91 Å². The molecule has 3 heterocycles. The molecule has 0 aliphatic carbocycles. The number of carbonyl (C=O) groups is 1. The van der Waals surface area contributed by atoms with E-state index in [1.54, 1.807) is 36.1 Å². The van der Waals surface area contributed by atoms with Crippen molar-refractivity contribution in [3.05, 3.63) is 71.7 Å². The average Bonchev–Trinajstić information content (AvgIpc) is 3.38. The van der Waals surface area contributed by atoms with Crippen LogP contribution < -0.4 is 10.1 Å². The molecule has 0 fully saturated rings. The molecule has 0 aliphatic heterocycles. The van der Waals surface area contributed by atoms with Crippen LogP contribution >= 0.6 is 0 Å². The van der Waals surface area contributed by atoms with Crippen LogP contribution in [0.3, 0.4) is 0 Å². The Balaban J connectivity index is 1.55. The highest BCUT2D eigenvalue weighted by atomic mass is 16.5. The third kappa shape index (κ3) is 3.28. The number of pyridine rings is 1. The lowest BCUT2D eigenvalue weighted by Gasteiger charge is -2.12. The Morgan fingerprint density at radius 3 is 2.84 bits per heavy atom. The second kappa shape index (κ2) is 7.24. The van der Waals surface area contributed by atoms with Gasteiger partial charge >= 0.3 is 0 Å². The van der Waals surface area contributed by atoms with Gasteiger partial charge in [0, 0.05) is 17.0 Å². The van der Waals surface area contributed by atoms with Gasteiger partial charge in [-0.25, -0.2) is 9.97 Å². The minimum Gasteiger partial charge on any atom is -0.494 e. The fourth-order valence-corrected chi connectivity index (χ4v) is 3.60. The molecule has 0 bridgehead atoms. The van der Waals surface area contributed by atoms with E-state index >= 15 is 0 Å². The smallest absolute Gasteiger partial charge is 0.256 e. The maximum atomic E-state index is 12.9. The summed E-state index contributed by atoms with van der Waals surface area (Å²) in [5.41, 5.74) is 4.24. The van der Waals surface area contributed by atoms with E-state index in [1.807, 2.05) is 38.1 Å². The summed E-state index contributed by atoms with van der Waals surface area (Å²) in [7, 11) is 1.62. The van der Waals surface area contributed by atoms with Crippen LogP contribution in [0.15, 0.2) is 59.3 Å². The minimum atomic E-state index is -0.277. The van der Waals surface area contributed by atoms with Crippen LogP contribution in [-0.2, 0) is 0 Å². The van der Waals surface area contributed by atoms with Gasteiger partial charge in [-0.05, 0) is 49.7 Å². The van der Waals surface area contributed by atoms with Crippen LogP contribution in [-0.4, -0.2) is 32.8 Å². The molecule has 0 spiro atoms. The fourth-order valence-electron chi connectivity index (χ4n) is 3.60. The number of methoxy groups -OCH3 is 1. The number of amides is 1. The van der Waals surface area contributed by atoms with Crippen molar-refractivity contribution < 1.29 is 13.9 Å². The van der Waals surface area contributed by atoms with Gasteiger partial charge < -0.3 is 14.5 Å². The number of hydrogen-bond acceptors (Lipinski definition) is 6. The predicted molar refractivity (Wildman–Crippen MR) is 117 cm³/mol. The van der Waals surface area contributed by atoms with E-state index in [-0.39, 0.29) is 5.91 Å². The van der Waals surface area contributed by atoms with Crippen molar-refractivity contribution in [3.8, 4) is 11.6 Å². The molecular weight excluding hydrogens is 394 g/mol. The summed E-state index contributed by atoms with van der Waals surface area (Å²) < 4.78 is 12.4. The molecule has 3 aromatic heterocycles. The van der Waals surface area contributed by atoms with Gasteiger partial charge in [0.15, 0.2) is 17.8 Å². The van der Waals surface area contributed by atoms with E-state index in [0.29, 0.717) is 34.0 Å². The first-order valence-corrected chi connectivity index (χ1v) is 9.69. The molecule has 1 N–H and O–H groups in total. The molecular formula is C23H19N5O3. The lowest BCUT2D eigenvalue weighted by atomic mass is 10.1. The van der Waals surface area contributed by atoms with Crippen molar-refractivity contribution in [3.63, 3.8) is 0 Å². The summed E-state index contributed by atoms with van der Waals surface area (Å²) in [6.45, 7) is 3.87. The number of oxazole rings is 1. The Morgan fingerprint density at radius 2 is 2.00 bits per heavy atom. The first kappa shape index (κ1) is 18.8. The van der Waals surface area contributed by atoms with Gasteiger partial charge in [-0.3, -0.25) is 4.79 Å². The zero-order valence-corrected chi connectivity index (χ0v) is 17.2. The molecule has 1 amide bonds. The molecule has 0 atom stereocenters. The average molecular weight is 413 g/mol. The largest absolute Gasteiger partial charge is 0.494 e. The third-order valence-electron chi connectivity index (χ3n) is 5.10. The number of anilines is 1. The first-order chi connectivity index (χ1) is 15.0. The van der Waals surface area contributed by atoms with Crippen LogP contribution in [0.25, 0.3) is 27.8 Å². The van der Waals surface area contributed by atoms with Crippen LogP contribution in [0.1, 0.15) is 21.6 Å². The van der Waals surface area contributed by atoms with E-state index in [2.05, 4.69) is 15.4 Å². The van der Waals surface area contributed by atoms with Crippen LogP contribution in [0, 0.1) is 13.8 Å². The highest BCUT2D eigenvalue weighted by molar-refractivity contribution is 6.05. The second-order valence-electron chi connectivity index (χ2n) is 7.23. The molecule has 0 unspecified atom stereocenters. The third-order valence-corrected chi connectivity index (χ3v) is 5.10. The van der Waals surface area contributed by atoms with Crippen molar-refractivity contribution in [2.45, 2.75) is 13.8 Å². The summed E-state index contributed by atoms with van der Waals surface area (Å²) in [4.78, 5) is 21.8.